The van der Waals surface area contributed by atoms with Crippen LogP contribution >= 0.6 is 0 Å². The summed E-state index contributed by atoms with van der Waals surface area (Å²) < 4.78 is 56.4. The molecule has 0 saturated heterocycles. The van der Waals surface area contributed by atoms with E-state index in [4.69, 9.17) is 4.74 Å². The maximum atomic E-state index is 12.9. The largest absolute Gasteiger partial charge is 0.416 e. The smallest absolute Gasteiger partial charge is 0.380 e. The molecule has 1 N–H and O–H groups in total. The molecule has 0 saturated carbocycles. The third-order valence-electron chi connectivity index (χ3n) is 2.57. The Balaban J connectivity index is 2.48. The predicted molar refractivity (Wildman–Crippen MR) is 68.8 cm³/mol. The molecule has 0 spiro atoms. The lowest BCUT2D eigenvalue weighted by Gasteiger charge is -2.14. The van der Waals surface area contributed by atoms with E-state index >= 15 is 0 Å². The first kappa shape index (κ1) is 16.9. The second kappa shape index (κ2) is 7.59. The van der Waals surface area contributed by atoms with Crippen molar-refractivity contribution in [3.05, 3.63) is 35.1 Å². The number of nitrogens with one attached hydrogen (secondary N) is 1. The molecule has 0 atom stereocenters. The fraction of sp³-hybridized carbons (Fsp3) is 0.571. The second-order valence-electron chi connectivity index (χ2n) is 4.94. The third-order valence-corrected chi connectivity index (χ3v) is 2.57. The van der Waals surface area contributed by atoms with Crippen LogP contribution < -0.4 is 5.32 Å². The molecule has 0 aliphatic rings. The van der Waals surface area contributed by atoms with Gasteiger partial charge in [-0.15, -0.1) is 0 Å². The number of rotatable bonds is 7. The maximum Gasteiger partial charge on any atom is 0.416 e. The van der Waals surface area contributed by atoms with Crippen LogP contribution in [0.2, 0.25) is 0 Å². The van der Waals surface area contributed by atoms with Gasteiger partial charge in [-0.2, -0.15) is 13.2 Å². The number of alkyl halides is 3. The van der Waals surface area contributed by atoms with Crippen LogP contribution in [0.25, 0.3) is 0 Å². The van der Waals surface area contributed by atoms with E-state index in [2.05, 4.69) is 5.32 Å². The molecular formula is C14H19F4NO. The molecule has 2 nitrogen and oxygen atoms in total. The summed E-state index contributed by atoms with van der Waals surface area (Å²) in [4.78, 5) is 0. The van der Waals surface area contributed by atoms with Crippen molar-refractivity contribution in [3.8, 4) is 0 Å². The summed E-state index contributed by atoms with van der Waals surface area (Å²) in [5.74, 6) is -0.467. The van der Waals surface area contributed by atoms with Gasteiger partial charge in [-0.1, -0.05) is 19.9 Å². The predicted octanol–water partition coefficient (Wildman–Crippen LogP) is 3.61. The summed E-state index contributed by atoms with van der Waals surface area (Å²) in [5, 5.41) is 2.86. The summed E-state index contributed by atoms with van der Waals surface area (Å²) >= 11 is 0. The lowest BCUT2D eigenvalue weighted by molar-refractivity contribution is -0.138. The Morgan fingerprint density at radius 2 is 1.95 bits per heavy atom. The van der Waals surface area contributed by atoms with Gasteiger partial charge in [-0.05, 0) is 23.6 Å². The van der Waals surface area contributed by atoms with Crippen LogP contribution in [-0.4, -0.2) is 19.8 Å². The molecule has 20 heavy (non-hydrogen) atoms. The van der Waals surface area contributed by atoms with Crippen LogP contribution in [-0.2, 0) is 17.5 Å². The molecule has 0 fully saturated rings. The third kappa shape index (κ3) is 5.88. The summed E-state index contributed by atoms with van der Waals surface area (Å²) in [6.45, 7) is 5.55. The molecular weight excluding hydrogens is 274 g/mol. The quantitative estimate of drug-likeness (QED) is 0.612. The van der Waals surface area contributed by atoms with Gasteiger partial charge in [0.05, 0.1) is 12.2 Å². The highest BCUT2D eigenvalue weighted by Gasteiger charge is 2.33. The molecule has 0 aliphatic carbocycles. The van der Waals surface area contributed by atoms with Crippen molar-refractivity contribution < 1.29 is 22.3 Å². The molecule has 0 amide bonds. The van der Waals surface area contributed by atoms with Crippen molar-refractivity contribution in [3.63, 3.8) is 0 Å². The number of halogens is 4. The van der Waals surface area contributed by atoms with Crippen molar-refractivity contribution in [2.75, 3.05) is 19.8 Å². The fourth-order valence-corrected chi connectivity index (χ4v) is 1.65. The second-order valence-corrected chi connectivity index (χ2v) is 4.94. The van der Waals surface area contributed by atoms with Crippen molar-refractivity contribution >= 4 is 0 Å². The van der Waals surface area contributed by atoms with Crippen molar-refractivity contribution in [2.45, 2.75) is 26.6 Å². The average Bonchev–Trinajstić information content (AvgIpc) is 2.33. The minimum absolute atomic E-state index is 0.0279. The normalized spacial score (nSPS) is 12.2. The fourth-order valence-electron chi connectivity index (χ4n) is 1.65. The van der Waals surface area contributed by atoms with Crippen LogP contribution in [0.3, 0.4) is 0 Å². The molecule has 0 aromatic heterocycles. The van der Waals surface area contributed by atoms with E-state index in [9.17, 15) is 17.6 Å². The first-order valence-corrected chi connectivity index (χ1v) is 6.44. The van der Waals surface area contributed by atoms with Gasteiger partial charge in [0.1, 0.15) is 5.82 Å². The highest BCUT2D eigenvalue weighted by Crippen LogP contribution is 2.32. The topological polar surface area (TPSA) is 21.3 Å². The highest BCUT2D eigenvalue weighted by molar-refractivity contribution is 5.30. The zero-order valence-corrected chi connectivity index (χ0v) is 11.6. The maximum absolute atomic E-state index is 12.9. The Morgan fingerprint density at radius 3 is 2.55 bits per heavy atom. The van der Waals surface area contributed by atoms with Crippen molar-refractivity contribution in [1.29, 1.82) is 0 Å². The van der Waals surface area contributed by atoms with Crippen LogP contribution in [0.5, 0.6) is 0 Å². The Morgan fingerprint density at radius 1 is 1.25 bits per heavy atom. The average molecular weight is 293 g/mol. The van der Waals surface area contributed by atoms with E-state index < -0.39 is 17.6 Å². The van der Waals surface area contributed by atoms with Gasteiger partial charge in [0.25, 0.3) is 0 Å². The van der Waals surface area contributed by atoms with Gasteiger partial charge in [0.2, 0.25) is 0 Å². The van der Waals surface area contributed by atoms with Crippen LogP contribution in [0.15, 0.2) is 18.2 Å². The van der Waals surface area contributed by atoms with Gasteiger partial charge in [-0.25, -0.2) is 4.39 Å². The molecule has 114 valence electrons. The number of benzene rings is 1. The van der Waals surface area contributed by atoms with Gasteiger partial charge in [-0.3, -0.25) is 0 Å². The lowest BCUT2D eigenvalue weighted by Crippen LogP contribution is -2.22. The Bertz CT molecular complexity index is 418. The monoisotopic (exact) mass is 293 g/mol. The minimum atomic E-state index is -4.55. The summed E-state index contributed by atoms with van der Waals surface area (Å²) in [6, 6.07) is 2.70. The molecule has 0 radical (unpaired) electrons. The van der Waals surface area contributed by atoms with E-state index in [1.165, 1.54) is 0 Å². The molecule has 1 aromatic carbocycles. The molecule has 1 rings (SSSR count). The molecule has 1 aromatic rings. The van der Waals surface area contributed by atoms with Gasteiger partial charge < -0.3 is 10.1 Å². The Labute approximate surface area is 116 Å². The first-order valence-electron chi connectivity index (χ1n) is 6.44. The molecule has 0 bridgehead atoms. The van der Waals surface area contributed by atoms with E-state index in [0.29, 0.717) is 31.7 Å². The molecule has 0 unspecified atom stereocenters. The van der Waals surface area contributed by atoms with Gasteiger partial charge >= 0.3 is 6.18 Å². The molecule has 6 heteroatoms. The number of hydrogen-bond acceptors (Lipinski definition) is 2. The van der Waals surface area contributed by atoms with E-state index in [0.717, 1.165) is 12.1 Å². The zero-order chi connectivity index (χ0) is 15.2. The number of hydrogen-bond donors (Lipinski definition) is 1. The summed E-state index contributed by atoms with van der Waals surface area (Å²) in [6.07, 6.45) is -4.55. The van der Waals surface area contributed by atoms with Crippen LogP contribution in [0.1, 0.15) is 25.0 Å². The highest BCUT2D eigenvalue weighted by atomic mass is 19.4. The van der Waals surface area contributed by atoms with Crippen LogP contribution in [0.4, 0.5) is 17.6 Å². The van der Waals surface area contributed by atoms with E-state index in [1.54, 1.807) is 0 Å². The lowest BCUT2D eigenvalue weighted by atomic mass is 10.1. The minimum Gasteiger partial charge on any atom is -0.380 e. The standard InChI is InChI=1S/C14H19F4NO/c1-10(2)9-20-6-5-19-8-11-3-4-12(15)7-13(11)14(16,17)18/h3-4,7,10,19H,5-6,8-9H2,1-2H3. The molecule has 0 aliphatic heterocycles. The summed E-state index contributed by atoms with van der Waals surface area (Å²) in [5.41, 5.74) is -0.907. The van der Waals surface area contributed by atoms with E-state index in [1.807, 2.05) is 13.8 Å². The van der Waals surface area contributed by atoms with Crippen molar-refractivity contribution in [1.82, 2.24) is 5.32 Å². The summed E-state index contributed by atoms with van der Waals surface area (Å²) in [7, 11) is 0. The van der Waals surface area contributed by atoms with Crippen molar-refractivity contribution in [2.24, 2.45) is 5.92 Å². The number of ether oxygens (including phenoxy) is 1. The SMILES string of the molecule is CC(C)COCCNCc1ccc(F)cc1C(F)(F)F. The Hall–Kier alpha value is -1.14. The van der Waals surface area contributed by atoms with Gasteiger partial charge in [0.15, 0.2) is 0 Å². The van der Waals surface area contributed by atoms with Crippen LogP contribution in [0, 0.1) is 11.7 Å². The molecule has 0 heterocycles. The first-order chi connectivity index (χ1) is 9.30. The van der Waals surface area contributed by atoms with E-state index in [-0.39, 0.29) is 12.1 Å². The Kier molecular flexibility index (Phi) is 6.42. The zero-order valence-electron chi connectivity index (χ0n) is 11.6. The van der Waals surface area contributed by atoms with Gasteiger partial charge in [0, 0.05) is 19.7 Å².